The van der Waals surface area contributed by atoms with E-state index in [4.69, 9.17) is 26.1 Å². The van der Waals surface area contributed by atoms with Crippen molar-refractivity contribution in [1.29, 1.82) is 0 Å². The molecule has 0 aliphatic carbocycles. The largest absolute Gasteiger partial charge is 0.444 e. The van der Waals surface area contributed by atoms with Crippen LogP contribution >= 0.6 is 11.6 Å². The molecule has 0 unspecified atom stereocenters. The minimum absolute atomic E-state index is 0.146. The molecule has 1 fully saturated rings. The van der Waals surface area contributed by atoms with E-state index in [9.17, 15) is 27.6 Å². The number of benzene rings is 2. The monoisotopic (exact) mass is 729 g/mol. The molecule has 4 aromatic rings. The van der Waals surface area contributed by atoms with Crippen molar-refractivity contribution in [1.82, 2.24) is 24.1 Å². The van der Waals surface area contributed by atoms with Gasteiger partial charge in [-0.25, -0.2) is 4.79 Å². The number of rotatable bonds is 4. The number of carbonyl (C=O) groups excluding carboxylic acids is 2. The lowest BCUT2D eigenvalue weighted by molar-refractivity contribution is -0.137. The Hall–Kier alpha value is -4.63. The molecular weight excluding hydrogens is 691 g/mol. The second-order valence-electron chi connectivity index (χ2n) is 14.1. The van der Waals surface area contributed by atoms with E-state index < -0.39 is 17.3 Å². The number of aromatic nitrogens is 4. The summed E-state index contributed by atoms with van der Waals surface area (Å²) in [6.45, 7) is 13.2. The summed E-state index contributed by atoms with van der Waals surface area (Å²) in [6, 6.07) is 8.86. The fraction of sp³-hybridized carbons (Fsp3) is 0.457. The van der Waals surface area contributed by atoms with Crippen molar-refractivity contribution >= 4 is 41.3 Å². The molecule has 272 valence electrons. The Labute approximate surface area is 297 Å². The third kappa shape index (κ3) is 7.40. The number of hydrogen-bond donors (Lipinski definition) is 1. The standard InChI is InChI=1S/C27H34N6O4.C8H5ClF3NO/c1-26(2,3)37-25(35)31-13-11-30(12-14-31)21-20-7-6-10-32(20)24-28-22(29-33(24)23(21)34)17-8-9-19-18(15-17)16-36-27(19,4)5;9-6-3-5(8(10,11)12)1-2-7(6)13-4-14/h8-9,15H,6-7,10-14,16H2,1-5H3;1-4H,(H,13,14). The Balaban J connectivity index is 0.000000270. The number of piperazine rings is 1. The number of fused-ring (bicyclic) bond motifs is 4. The summed E-state index contributed by atoms with van der Waals surface area (Å²) in [5, 5.41) is 6.71. The van der Waals surface area contributed by atoms with Gasteiger partial charge >= 0.3 is 12.3 Å². The van der Waals surface area contributed by atoms with Crippen LogP contribution in [0.2, 0.25) is 5.02 Å². The van der Waals surface area contributed by atoms with E-state index in [-0.39, 0.29) is 28.0 Å². The van der Waals surface area contributed by atoms with Crippen LogP contribution in [0.25, 0.3) is 17.2 Å². The molecule has 1 saturated heterocycles. The molecule has 0 spiro atoms. The first-order valence-electron chi connectivity index (χ1n) is 16.6. The zero-order valence-electron chi connectivity index (χ0n) is 28.9. The second-order valence-corrected chi connectivity index (χ2v) is 14.5. The molecule has 51 heavy (non-hydrogen) atoms. The lowest BCUT2D eigenvalue weighted by Gasteiger charge is -2.37. The quantitative estimate of drug-likeness (QED) is 0.245. The van der Waals surface area contributed by atoms with Gasteiger partial charge < -0.3 is 29.2 Å². The van der Waals surface area contributed by atoms with E-state index in [1.807, 2.05) is 26.8 Å². The van der Waals surface area contributed by atoms with Gasteiger partial charge in [-0.15, -0.1) is 5.10 Å². The van der Waals surface area contributed by atoms with Crippen LogP contribution in [0, 0.1) is 0 Å². The van der Waals surface area contributed by atoms with Crippen LogP contribution in [-0.2, 0) is 45.6 Å². The number of amides is 2. The molecule has 2 aromatic carbocycles. The number of nitrogens with one attached hydrogen (secondary N) is 1. The maximum atomic E-state index is 13.8. The minimum atomic E-state index is -4.43. The molecule has 0 atom stereocenters. The molecular formula is C35H39ClF3N7O5. The van der Waals surface area contributed by atoms with E-state index in [2.05, 4.69) is 45.9 Å². The lowest BCUT2D eigenvalue weighted by Crippen LogP contribution is -2.51. The number of nitrogens with zero attached hydrogens (tertiary/aromatic N) is 6. The molecule has 3 aliphatic rings. The third-order valence-electron chi connectivity index (χ3n) is 8.98. The average molecular weight is 730 g/mol. The van der Waals surface area contributed by atoms with Gasteiger partial charge in [0.25, 0.3) is 5.56 Å². The zero-order valence-corrected chi connectivity index (χ0v) is 29.7. The van der Waals surface area contributed by atoms with Crippen molar-refractivity contribution in [3.05, 3.63) is 74.2 Å². The Kier molecular flexibility index (Phi) is 9.57. The Bertz CT molecular complexity index is 2050. The molecule has 3 aliphatic heterocycles. The SMILES string of the molecule is CC(C)(C)OC(=O)N1CCN(c2c3n(c4nc(-c5ccc6c(c5)COC6(C)C)nn4c2=O)CCC3)CC1.O=CNc1ccc(C(F)(F)F)cc1Cl. The predicted octanol–water partition coefficient (Wildman–Crippen LogP) is 6.25. The van der Waals surface area contributed by atoms with Crippen molar-refractivity contribution in [2.45, 2.75) is 78.0 Å². The molecule has 0 saturated carbocycles. The van der Waals surface area contributed by atoms with Crippen LogP contribution in [0.5, 0.6) is 0 Å². The highest BCUT2D eigenvalue weighted by molar-refractivity contribution is 6.33. The molecule has 12 nitrogen and oxygen atoms in total. The predicted molar refractivity (Wildman–Crippen MR) is 185 cm³/mol. The van der Waals surface area contributed by atoms with Crippen molar-refractivity contribution in [3.8, 4) is 11.4 Å². The van der Waals surface area contributed by atoms with Gasteiger partial charge in [-0.3, -0.25) is 9.59 Å². The number of aryl methyl sites for hydroxylation is 1. The van der Waals surface area contributed by atoms with Gasteiger partial charge in [-0.2, -0.15) is 22.7 Å². The van der Waals surface area contributed by atoms with Gasteiger partial charge in [0, 0.05) is 38.3 Å². The molecule has 0 bridgehead atoms. The highest BCUT2D eigenvalue weighted by Crippen LogP contribution is 2.38. The molecule has 1 N–H and O–H groups in total. The number of alkyl halides is 3. The summed E-state index contributed by atoms with van der Waals surface area (Å²) < 4.78 is 51.5. The first-order valence-corrected chi connectivity index (χ1v) is 16.9. The van der Waals surface area contributed by atoms with E-state index in [1.165, 1.54) is 10.1 Å². The van der Waals surface area contributed by atoms with Gasteiger partial charge in [0.15, 0.2) is 5.82 Å². The molecule has 2 aromatic heterocycles. The molecule has 5 heterocycles. The second kappa shape index (κ2) is 13.5. The Morgan fingerprint density at radius 3 is 2.43 bits per heavy atom. The van der Waals surface area contributed by atoms with Crippen molar-refractivity contribution < 1.29 is 32.2 Å². The summed E-state index contributed by atoms with van der Waals surface area (Å²) >= 11 is 5.49. The Morgan fingerprint density at radius 1 is 1.06 bits per heavy atom. The van der Waals surface area contributed by atoms with Crippen LogP contribution in [-0.4, -0.2) is 68.3 Å². The van der Waals surface area contributed by atoms with Crippen LogP contribution in [0.1, 0.15) is 63.4 Å². The number of ether oxygens (including phenoxy) is 2. The van der Waals surface area contributed by atoms with E-state index in [0.717, 1.165) is 54.4 Å². The van der Waals surface area contributed by atoms with E-state index >= 15 is 0 Å². The maximum absolute atomic E-state index is 13.8. The first kappa shape index (κ1) is 36.2. The van der Waals surface area contributed by atoms with Crippen LogP contribution < -0.4 is 15.8 Å². The van der Waals surface area contributed by atoms with Crippen LogP contribution in [0.3, 0.4) is 0 Å². The zero-order chi connectivity index (χ0) is 36.9. The number of anilines is 2. The van der Waals surface area contributed by atoms with Gasteiger partial charge in [-0.1, -0.05) is 23.7 Å². The van der Waals surface area contributed by atoms with Gasteiger partial charge in [0.2, 0.25) is 12.2 Å². The van der Waals surface area contributed by atoms with Crippen LogP contribution in [0.15, 0.2) is 41.2 Å². The number of carbonyl (C=O) groups is 2. The Morgan fingerprint density at radius 2 is 1.78 bits per heavy atom. The molecule has 7 rings (SSSR count). The summed E-state index contributed by atoms with van der Waals surface area (Å²) in [5.74, 6) is 1.12. The van der Waals surface area contributed by atoms with Gasteiger partial charge in [0.05, 0.1) is 34.2 Å². The highest BCUT2D eigenvalue weighted by Gasteiger charge is 2.34. The average Bonchev–Trinajstić information content (AvgIpc) is 3.79. The van der Waals surface area contributed by atoms with Gasteiger partial charge in [-0.05, 0) is 82.9 Å². The van der Waals surface area contributed by atoms with Crippen molar-refractivity contribution in [2.75, 3.05) is 36.4 Å². The molecule has 2 amide bonds. The van der Waals surface area contributed by atoms with Gasteiger partial charge in [0.1, 0.15) is 11.3 Å². The molecule has 16 heteroatoms. The smallest absolute Gasteiger partial charge is 0.416 e. The topological polar surface area (TPSA) is 123 Å². The highest BCUT2D eigenvalue weighted by atomic mass is 35.5. The lowest BCUT2D eigenvalue weighted by atomic mass is 9.94. The first-order chi connectivity index (χ1) is 24.0. The minimum Gasteiger partial charge on any atom is -0.444 e. The van der Waals surface area contributed by atoms with E-state index in [0.29, 0.717) is 56.5 Å². The number of halogens is 4. The molecule has 0 radical (unpaired) electrons. The fourth-order valence-corrected chi connectivity index (χ4v) is 6.74. The van der Waals surface area contributed by atoms with Crippen molar-refractivity contribution in [3.63, 3.8) is 0 Å². The fourth-order valence-electron chi connectivity index (χ4n) is 6.51. The maximum Gasteiger partial charge on any atom is 0.416 e. The summed E-state index contributed by atoms with van der Waals surface area (Å²) in [5.41, 5.74) is 3.17. The summed E-state index contributed by atoms with van der Waals surface area (Å²) in [7, 11) is 0. The van der Waals surface area contributed by atoms with Crippen molar-refractivity contribution in [2.24, 2.45) is 0 Å². The normalized spacial score (nSPS) is 16.7. The number of hydrogen-bond acceptors (Lipinski definition) is 8. The van der Waals surface area contributed by atoms with E-state index in [1.54, 1.807) is 4.90 Å². The third-order valence-corrected chi connectivity index (χ3v) is 9.29. The summed E-state index contributed by atoms with van der Waals surface area (Å²) in [6.07, 6.45) is -2.62. The summed E-state index contributed by atoms with van der Waals surface area (Å²) in [4.78, 5) is 44.9. The van der Waals surface area contributed by atoms with Crippen LogP contribution in [0.4, 0.5) is 29.3 Å².